The molecule has 4 heteroatoms. The van der Waals surface area contributed by atoms with Crippen molar-refractivity contribution in [1.82, 2.24) is 0 Å². The van der Waals surface area contributed by atoms with Gasteiger partial charge in [-0.2, -0.15) is 0 Å². The third-order valence-electron chi connectivity index (χ3n) is 3.23. The van der Waals surface area contributed by atoms with E-state index in [2.05, 4.69) is 26.1 Å². The maximum Gasteiger partial charge on any atom is 0.262 e. The number of anilines is 1. The zero-order valence-electron chi connectivity index (χ0n) is 13.0. The molecule has 1 amide bonds. The molecule has 1 N–H and O–H groups in total. The number of hydrogen-bond donors (Lipinski definition) is 1. The van der Waals surface area contributed by atoms with Crippen LogP contribution < -0.4 is 10.1 Å². The van der Waals surface area contributed by atoms with Gasteiger partial charge in [-0.05, 0) is 35.2 Å². The Morgan fingerprint density at radius 3 is 2.32 bits per heavy atom. The second-order valence-corrected chi connectivity index (χ2v) is 6.09. The predicted molar refractivity (Wildman–Crippen MR) is 85.7 cm³/mol. The minimum atomic E-state index is -0.482. The molecule has 0 saturated heterocycles. The largest absolute Gasteiger partial charge is 0.481 e. The maximum atomic E-state index is 13.4. The summed E-state index contributed by atoms with van der Waals surface area (Å²) in [5.41, 5.74) is 1.94. The van der Waals surface area contributed by atoms with Crippen molar-refractivity contribution in [3.63, 3.8) is 0 Å². The average Bonchev–Trinajstić information content (AvgIpc) is 2.46. The lowest BCUT2D eigenvalue weighted by atomic mass is 9.87. The minimum Gasteiger partial charge on any atom is -0.481 e. The van der Waals surface area contributed by atoms with Gasteiger partial charge in [-0.15, -0.1) is 0 Å². The average molecular weight is 301 g/mol. The van der Waals surface area contributed by atoms with Gasteiger partial charge in [0.2, 0.25) is 0 Å². The number of benzene rings is 2. The topological polar surface area (TPSA) is 38.3 Å². The molecule has 0 saturated carbocycles. The highest BCUT2D eigenvalue weighted by molar-refractivity contribution is 5.91. The van der Waals surface area contributed by atoms with E-state index < -0.39 is 5.82 Å². The molecular formula is C18H20FNO2. The fourth-order valence-corrected chi connectivity index (χ4v) is 1.96. The number of rotatable bonds is 4. The summed E-state index contributed by atoms with van der Waals surface area (Å²) in [6, 6.07) is 13.7. The van der Waals surface area contributed by atoms with E-state index in [-0.39, 0.29) is 23.7 Å². The Kier molecular flexibility index (Phi) is 4.81. The number of para-hydroxylation sites is 1. The first-order valence-electron chi connectivity index (χ1n) is 7.14. The maximum absolute atomic E-state index is 13.4. The number of carbonyl (C=O) groups excluding carboxylic acids is 1. The smallest absolute Gasteiger partial charge is 0.262 e. The molecule has 0 heterocycles. The molecule has 22 heavy (non-hydrogen) atoms. The molecule has 116 valence electrons. The minimum absolute atomic E-state index is 0.0660. The van der Waals surface area contributed by atoms with Crippen molar-refractivity contribution in [1.29, 1.82) is 0 Å². The summed E-state index contributed by atoms with van der Waals surface area (Å²) >= 11 is 0. The van der Waals surface area contributed by atoms with Gasteiger partial charge in [-0.3, -0.25) is 4.79 Å². The zero-order chi connectivity index (χ0) is 16.2. The first kappa shape index (κ1) is 16.0. The lowest BCUT2D eigenvalue weighted by molar-refractivity contribution is -0.118. The number of nitrogens with one attached hydrogen (secondary N) is 1. The molecule has 0 fully saturated rings. The summed E-state index contributed by atoms with van der Waals surface area (Å²) in [4.78, 5) is 11.8. The third kappa shape index (κ3) is 4.32. The summed E-state index contributed by atoms with van der Waals surface area (Å²) in [7, 11) is 0. The molecule has 2 aromatic carbocycles. The Hall–Kier alpha value is -2.36. The first-order chi connectivity index (χ1) is 10.4. The second-order valence-electron chi connectivity index (χ2n) is 6.09. The van der Waals surface area contributed by atoms with Crippen molar-refractivity contribution in [2.45, 2.75) is 26.2 Å². The van der Waals surface area contributed by atoms with E-state index in [0.29, 0.717) is 5.69 Å². The van der Waals surface area contributed by atoms with Crippen molar-refractivity contribution in [2.24, 2.45) is 0 Å². The number of ether oxygens (including phenoxy) is 1. The summed E-state index contributed by atoms with van der Waals surface area (Å²) in [5, 5.41) is 2.72. The second kappa shape index (κ2) is 6.60. The Labute approximate surface area is 130 Å². The molecule has 0 aliphatic rings. The summed E-state index contributed by atoms with van der Waals surface area (Å²) in [5.74, 6) is -0.739. The van der Waals surface area contributed by atoms with Crippen LogP contribution in [0.3, 0.4) is 0 Å². The molecule has 2 rings (SSSR count). The van der Waals surface area contributed by atoms with Gasteiger partial charge in [0.15, 0.2) is 18.2 Å². The van der Waals surface area contributed by atoms with Crippen LogP contribution in [0.25, 0.3) is 0 Å². The van der Waals surface area contributed by atoms with Crippen LogP contribution in [0.2, 0.25) is 0 Å². The lowest BCUT2D eigenvalue weighted by Gasteiger charge is -2.19. The fourth-order valence-electron chi connectivity index (χ4n) is 1.96. The van der Waals surface area contributed by atoms with Gasteiger partial charge in [0.05, 0.1) is 0 Å². The Morgan fingerprint density at radius 1 is 1.09 bits per heavy atom. The van der Waals surface area contributed by atoms with Gasteiger partial charge >= 0.3 is 0 Å². The van der Waals surface area contributed by atoms with Gasteiger partial charge < -0.3 is 10.1 Å². The van der Waals surface area contributed by atoms with E-state index in [1.54, 1.807) is 12.1 Å². The van der Waals surface area contributed by atoms with Crippen LogP contribution in [0.15, 0.2) is 48.5 Å². The van der Waals surface area contributed by atoms with Crippen LogP contribution in [0.1, 0.15) is 26.3 Å². The molecular weight excluding hydrogens is 281 g/mol. The van der Waals surface area contributed by atoms with E-state index in [4.69, 9.17) is 4.74 Å². The Bertz CT molecular complexity index is 645. The highest BCUT2D eigenvalue weighted by Gasteiger charge is 2.13. The predicted octanol–water partition coefficient (Wildman–Crippen LogP) is 4.14. The Morgan fingerprint density at radius 2 is 1.73 bits per heavy atom. The zero-order valence-corrected chi connectivity index (χ0v) is 13.0. The molecule has 0 spiro atoms. The van der Waals surface area contributed by atoms with Gasteiger partial charge in [0.1, 0.15) is 0 Å². The summed E-state index contributed by atoms with van der Waals surface area (Å²) in [6.07, 6.45) is 0. The molecule has 0 atom stereocenters. The number of amides is 1. The molecule has 0 bridgehead atoms. The van der Waals surface area contributed by atoms with E-state index in [1.807, 2.05) is 24.3 Å². The van der Waals surface area contributed by atoms with Crippen molar-refractivity contribution >= 4 is 11.6 Å². The molecule has 0 aliphatic heterocycles. The summed E-state index contributed by atoms with van der Waals surface area (Å²) < 4.78 is 18.5. The molecule has 0 aromatic heterocycles. The monoisotopic (exact) mass is 301 g/mol. The van der Waals surface area contributed by atoms with Crippen LogP contribution in [-0.4, -0.2) is 12.5 Å². The van der Waals surface area contributed by atoms with Crippen molar-refractivity contribution < 1.29 is 13.9 Å². The van der Waals surface area contributed by atoms with Gasteiger partial charge in [-0.25, -0.2) is 4.39 Å². The third-order valence-corrected chi connectivity index (χ3v) is 3.23. The van der Waals surface area contributed by atoms with Crippen molar-refractivity contribution in [3.05, 3.63) is 59.9 Å². The highest BCUT2D eigenvalue weighted by atomic mass is 19.1. The summed E-state index contributed by atoms with van der Waals surface area (Å²) in [6.45, 7) is 6.15. The Balaban J connectivity index is 1.91. The molecule has 0 aliphatic carbocycles. The SMILES string of the molecule is CC(C)(C)c1ccc(NC(=O)COc2ccccc2F)cc1. The fraction of sp³-hybridized carbons (Fsp3) is 0.278. The molecule has 3 nitrogen and oxygen atoms in total. The van der Waals surface area contributed by atoms with Crippen molar-refractivity contribution in [2.75, 3.05) is 11.9 Å². The number of halogens is 1. The first-order valence-corrected chi connectivity index (χ1v) is 7.14. The van der Waals surface area contributed by atoms with Gasteiger partial charge in [-0.1, -0.05) is 45.0 Å². The van der Waals surface area contributed by atoms with E-state index in [1.165, 1.54) is 17.7 Å². The molecule has 0 unspecified atom stereocenters. The van der Waals surface area contributed by atoms with Gasteiger partial charge in [0.25, 0.3) is 5.91 Å². The normalized spacial score (nSPS) is 11.1. The van der Waals surface area contributed by atoms with Crippen LogP contribution in [0.4, 0.5) is 10.1 Å². The van der Waals surface area contributed by atoms with Crippen LogP contribution in [0, 0.1) is 5.82 Å². The van der Waals surface area contributed by atoms with Crippen LogP contribution in [0.5, 0.6) is 5.75 Å². The quantitative estimate of drug-likeness (QED) is 0.921. The lowest BCUT2D eigenvalue weighted by Crippen LogP contribution is -2.20. The van der Waals surface area contributed by atoms with Gasteiger partial charge in [0, 0.05) is 5.69 Å². The highest BCUT2D eigenvalue weighted by Crippen LogP contribution is 2.23. The number of carbonyl (C=O) groups is 1. The number of hydrogen-bond acceptors (Lipinski definition) is 2. The van der Waals surface area contributed by atoms with E-state index >= 15 is 0 Å². The standard InChI is InChI=1S/C18H20FNO2/c1-18(2,3)13-8-10-14(11-9-13)20-17(21)12-22-16-7-5-4-6-15(16)19/h4-11H,12H2,1-3H3,(H,20,21). The molecule has 2 aromatic rings. The van der Waals surface area contributed by atoms with E-state index in [0.717, 1.165) is 0 Å². The molecule has 0 radical (unpaired) electrons. The van der Waals surface area contributed by atoms with Crippen LogP contribution >= 0.6 is 0 Å². The van der Waals surface area contributed by atoms with Crippen molar-refractivity contribution in [3.8, 4) is 5.75 Å². The van der Waals surface area contributed by atoms with Crippen LogP contribution in [-0.2, 0) is 10.2 Å². The van der Waals surface area contributed by atoms with E-state index in [9.17, 15) is 9.18 Å².